The first kappa shape index (κ1) is 24.4. The number of rotatable bonds is 11. The van der Waals surface area contributed by atoms with Gasteiger partial charge in [0.2, 0.25) is 0 Å². The molecule has 0 aliphatic heterocycles. The molecule has 3 heteroatoms. The van der Waals surface area contributed by atoms with Gasteiger partial charge < -0.3 is 0 Å². The largest absolute Gasteiger partial charge is 0.240 e. The molecular weight excluding hydrogens is 390 g/mol. The van der Waals surface area contributed by atoms with Crippen LogP contribution in [-0.2, 0) is 6.42 Å². The SMILES string of the molecule is CCCCCc1ccc(-c2cnc(C(C)C3CCC(CCCCC)CC3)nc2)c(C#N)c1. The average Bonchev–Trinajstić information content (AvgIpc) is 2.84. The molecule has 1 aliphatic carbocycles. The van der Waals surface area contributed by atoms with Crippen LogP contribution >= 0.6 is 0 Å². The Morgan fingerprint density at radius 1 is 0.969 bits per heavy atom. The molecule has 1 saturated carbocycles. The minimum Gasteiger partial charge on any atom is -0.240 e. The van der Waals surface area contributed by atoms with E-state index in [9.17, 15) is 5.26 Å². The van der Waals surface area contributed by atoms with Gasteiger partial charge in [0.15, 0.2) is 0 Å². The minimum absolute atomic E-state index is 0.400. The van der Waals surface area contributed by atoms with E-state index in [0.29, 0.717) is 11.8 Å². The Morgan fingerprint density at radius 2 is 1.66 bits per heavy atom. The number of unbranched alkanes of at least 4 members (excludes halogenated alkanes) is 4. The van der Waals surface area contributed by atoms with Crippen LogP contribution in [0.5, 0.6) is 0 Å². The van der Waals surface area contributed by atoms with Crippen molar-refractivity contribution in [2.75, 3.05) is 0 Å². The molecule has 1 atom stereocenters. The van der Waals surface area contributed by atoms with Gasteiger partial charge in [-0.1, -0.05) is 84.3 Å². The molecule has 32 heavy (non-hydrogen) atoms. The summed E-state index contributed by atoms with van der Waals surface area (Å²) in [6.07, 6.45) is 19.4. The molecule has 0 bridgehead atoms. The molecule has 0 amide bonds. The molecule has 2 aromatic rings. The van der Waals surface area contributed by atoms with Crippen LogP contribution in [0.1, 0.15) is 114 Å². The minimum atomic E-state index is 0.400. The fourth-order valence-electron chi connectivity index (χ4n) is 5.25. The summed E-state index contributed by atoms with van der Waals surface area (Å²) in [7, 11) is 0. The molecular formula is C29H41N3. The fourth-order valence-corrected chi connectivity index (χ4v) is 5.25. The molecule has 0 N–H and O–H groups in total. The van der Waals surface area contributed by atoms with Crippen LogP contribution in [0.15, 0.2) is 30.6 Å². The van der Waals surface area contributed by atoms with E-state index in [0.717, 1.165) is 34.9 Å². The maximum absolute atomic E-state index is 9.69. The molecule has 0 radical (unpaired) electrons. The molecule has 1 aromatic carbocycles. The number of hydrogen-bond acceptors (Lipinski definition) is 3. The van der Waals surface area contributed by atoms with E-state index in [1.165, 1.54) is 76.2 Å². The Kier molecular flexibility index (Phi) is 9.72. The third kappa shape index (κ3) is 6.64. The summed E-state index contributed by atoms with van der Waals surface area (Å²) in [6, 6.07) is 8.65. The van der Waals surface area contributed by atoms with Gasteiger partial charge in [-0.05, 0) is 49.1 Å². The number of nitriles is 1. The molecule has 1 aromatic heterocycles. The van der Waals surface area contributed by atoms with Gasteiger partial charge in [0.1, 0.15) is 5.82 Å². The van der Waals surface area contributed by atoms with Gasteiger partial charge >= 0.3 is 0 Å². The highest BCUT2D eigenvalue weighted by Crippen LogP contribution is 2.39. The molecule has 172 valence electrons. The first-order valence-electron chi connectivity index (χ1n) is 13.0. The Hall–Kier alpha value is -2.21. The second-order valence-corrected chi connectivity index (χ2v) is 9.84. The van der Waals surface area contributed by atoms with Crippen molar-refractivity contribution < 1.29 is 0 Å². The highest BCUT2D eigenvalue weighted by atomic mass is 14.9. The lowest BCUT2D eigenvalue weighted by atomic mass is 9.74. The van der Waals surface area contributed by atoms with Crippen LogP contribution in [0.4, 0.5) is 0 Å². The van der Waals surface area contributed by atoms with Crippen molar-refractivity contribution in [2.24, 2.45) is 11.8 Å². The number of hydrogen-bond donors (Lipinski definition) is 0. The second-order valence-electron chi connectivity index (χ2n) is 9.84. The van der Waals surface area contributed by atoms with Crippen molar-refractivity contribution in [3.8, 4) is 17.2 Å². The van der Waals surface area contributed by atoms with Crippen molar-refractivity contribution in [1.82, 2.24) is 9.97 Å². The molecule has 1 unspecified atom stereocenters. The van der Waals surface area contributed by atoms with Crippen LogP contribution in [0, 0.1) is 23.2 Å². The Bertz CT molecular complexity index is 857. The molecule has 3 nitrogen and oxygen atoms in total. The van der Waals surface area contributed by atoms with Crippen molar-refractivity contribution in [1.29, 1.82) is 5.26 Å². The quantitative estimate of drug-likeness (QED) is 0.337. The van der Waals surface area contributed by atoms with Crippen molar-refractivity contribution in [2.45, 2.75) is 104 Å². The average molecular weight is 432 g/mol. The summed E-state index contributed by atoms with van der Waals surface area (Å²) in [5.41, 5.74) is 3.86. The van der Waals surface area contributed by atoms with Crippen LogP contribution < -0.4 is 0 Å². The smallest absolute Gasteiger partial charge is 0.131 e. The van der Waals surface area contributed by atoms with E-state index in [1.54, 1.807) is 0 Å². The summed E-state index contributed by atoms with van der Waals surface area (Å²) in [5.74, 6) is 2.98. The van der Waals surface area contributed by atoms with Gasteiger partial charge in [0, 0.05) is 29.4 Å². The van der Waals surface area contributed by atoms with E-state index in [4.69, 9.17) is 9.97 Å². The molecule has 3 rings (SSSR count). The number of benzene rings is 1. The van der Waals surface area contributed by atoms with E-state index < -0.39 is 0 Å². The second kappa shape index (κ2) is 12.7. The predicted molar refractivity (Wildman–Crippen MR) is 133 cm³/mol. The summed E-state index contributed by atoms with van der Waals surface area (Å²) < 4.78 is 0. The maximum Gasteiger partial charge on any atom is 0.131 e. The van der Waals surface area contributed by atoms with E-state index in [-0.39, 0.29) is 0 Å². The number of nitrogens with zero attached hydrogens (tertiary/aromatic N) is 3. The van der Waals surface area contributed by atoms with Crippen LogP contribution in [0.25, 0.3) is 11.1 Å². The van der Waals surface area contributed by atoms with Gasteiger partial charge in [-0.15, -0.1) is 0 Å². The molecule has 1 aliphatic rings. The van der Waals surface area contributed by atoms with E-state index in [1.807, 2.05) is 18.5 Å². The third-order valence-corrected chi connectivity index (χ3v) is 7.48. The topological polar surface area (TPSA) is 49.6 Å². The first-order chi connectivity index (χ1) is 15.7. The van der Waals surface area contributed by atoms with Crippen molar-refractivity contribution in [3.63, 3.8) is 0 Å². The van der Waals surface area contributed by atoms with Crippen molar-refractivity contribution in [3.05, 3.63) is 47.5 Å². The predicted octanol–water partition coefficient (Wildman–Crippen LogP) is 8.24. The molecule has 0 saturated heterocycles. The number of aromatic nitrogens is 2. The zero-order valence-corrected chi connectivity index (χ0v) is 20.4. The van der Waals surface area contributed by atoms with Gasteiger partial charge in [-0.2, -0.15) is 5.26 Å². The third-order valence-electron chi connectivity index (χ3n) is 7.48. The monoisotopic (exact) mass is 431 g/mol. The molecule has 1 fully saturated rings. The normalized spacial score (nSPS) is 19.4. The Labute approximate surface area is 195 Å². The summed E-state index contributed by atoms with van der Waals surface area (Å²) >= 11 is 0. The summed E-state index contributed by atoms with van der Waals surface area (Å²) in [4.78, 5) is 9.50. The maximum atomic E-state index is 9.69. The van der Waals surface area contributed by atoms with Gasteiger partial charge in [-0.25, -0.2) is 9.97 Å². The Balaban J connectivity index is 1.61. The fraction of sp³-hybridized carbons (Fsp3) is 0.621. The van der Waals surface area contributed by atoms with Crippen molar-refractivity contribution >= 4 is 0 Å². The number of aryl methyl sites for hydroxylation is 1. The first-order valence-corrected chi connectivity index (χ1v) is 13.0. The zero-order valence-electron chi connectivity index (χ0n) is 20.4. The highest BCUT2D eigenvalue weighted by Gasteiger charge is 2.27. The summed E-state index contributed by atoms with van der Waals surface area (Å²) in [5, 5.41) is 9.69. The lowest BCUT2D eigenvalue weighted by Crippen LogP contribution is -2.20. The van der Waals surface area contributed by atoms with E-state index >= 15 is 0 Å². The molecule has 0 spiro atoms. The van der Waals surface area contributed by atoms with Gasteiger partial charge in [0.25, 0.3) is 0 Å². The van der Waals surface area contributed by atoms with Gasteiger partial charge in [-0.3, -0.25) is 0 Å². The lowest BCUT2D eigenvalue weighted by Gasteiger charge is -2.31. The van der Waals surface area contributed by atoms with Crippen LogP contribution in [0.3, 0.4) is 0 Å². The standard InChI is InChI=1S/C29H41N3/c1-4-6-8-10-23-12-15-25(16-13-23)22(3)29-31-20-27(21-32-29)28-17-14-24(11-9-7-5-2)18-26(28)19-30/h14,17-18,20-23,25H,4-13,15-16H2,1-3H3. The van der Waals surface area contributed by atoms with Crippen LogP contribution in [-0.4, -0.2) is 9.97 Å². The lowest BCUT2D eigenvalue weighted by molar-refractivity contribution is 0.232. The van der Waals surface area contributed by atoms with E-state index in [2.05, 4.69) is 39.0 Å². The highest BCUT2D eigenvalue weighted by molar-refractivity contribution is 5.69. The van der Waals surface area contributed by atoms with Gasteiger partial charge in [0.05, 0.1) is 11.6 Å². The Morgan fingerprint density at radius 3 is 2.31 bits per heavy atom. The zero-order chi connectivity index (χ0) is 22.8. The molecule has 1 heterocycles. The summed E-state index contributed by atoms with van der Waals surface area (Å²) in [6.45, 7) is 6.80. The van der Waals surface area contributed by atoms with Crippen LogP contribution in [0.2, 0.25) is 0 Å².